The van der Waals surface area contributed by atoms with Gasteiger partial charge in [0.05, 0.1) is 5.00 Å². The summed E-state index contributed by atoms with van der Waals surface area (Å²) in [6.45, 7) is 4.19. The molecule has 17 heavy (non-hydrogen) atoms. The smallest absolute Gasteiger partial charge is 0.346 e. The number of anilines is 1. The van der Waals surface area contributed by atoms with E-state index in [0.717, 1.165) is 17.8 Å². The molecule has 0 spiro atoms. The molecule has 0 saturated heterocycles. The van der Waals surface area contributed by atoms with Gasteiger partial charge in [0.2, 0.25) is 0 Å². The van der Waals surface area contributed by atoms with Gasteiger partial charge in [-0.3, -0.25) is 4.79 Å². The molecule has 0 aromatic carbocycles. The normalized spacial score (nSPS) is 10.2. The Morgan fingerprint density at radius 3 is 2.76 bits per heavy atom. The monoisotopic (exact) mass is 257 g/mol. The molecule has 0 aliphatic heterocycles. The summed E-state index contributed by atoms with van der Waals surface area (Å²) in [5, 5.41) is 12.0. The van der Waals surface area contributed by atoms with E-state index in [-0.39, 0.29) is 17.4 Å². The molecule has 1 amide bonds. The third-order valence-electron chi connectivity index (χ3n) is 1.96. The summed E-state index contributed by atoms with van der Waals surface area (Å²) in [6.07, 6.45) is 0.856. The van der Waals surface area contributed by atoms with Gasteiger partial charge in [0.15, 0.2) is 0 Å². The Kier molecular flexibility index (Phi) is 5.11. The standard InChI is InChI=1S/C11H15NO4S/c1-3-4-16-6-8(13)12-9-5-7(2)10(17-9)11(14)15/h5H,3-4,6H2,1-2H3,(H,12,13)(H,14,15). The average Bonchev–Trinajstić information content (AvgIpc) is 2.60. The molecule has 0 unspecified atom stereocenters. The number of carboxylic acid groups (broad SMARTS) is 1. The van der Waals surface area contributed by atoms with Crippen molar-refractivity contribution >= 4 is 28.2 Å². The molecule has 1 heterocycles. The molecule has 5 nitrogen and oxygen atoms in total. The number of aryl methyl sites for hydroxylation is 1. The van der Waals surface area contributed by atoms with Crippen molar-refractivity contribution in [2.24, 2.45) is 0 Å². The van der Waals surface area contributed by atoms with Crippen molar-refractivity contribution in [3.05, 3.63) is 16.5 Å². The highest BCUT2D eigenvalue weighted by atomic mass is 32.1. The van der Waals surface area contributed by atoms with E-state index in [2.05, 4.69) is 5.32 Å². The molecular weight excluding hydrogens is 242 g/mol. The molecule has 1 aromatic heterocycles. The summed E-state index contributed by atoms with van der Waals surface area (Å²) < 4.78 is 5.08. The van der Waals surface area contributed by atoms with Crippen LogP contribution in [0.2, 0.25) is 0 Å². The first-order valence-corrected chi connectivity index (χ1v) is 6.07. The Labute approximate surface area is 103 Å². The van der Waals surface area contributed by atoms with Crippen LogP contribution in [-0.2, 0) is 9.53 Å². The van der Waals surface area contributed by atoms with Crippen molar-refractivity contribution in [2.75, 3.05) is 18.5 Å². The predicted octanol–water partition coefficient (Wildman–Crippen LogP) is 2.12. The Morgan fingerprint density at radius 2 is 2.24 bits per heavy atom. The molecule has 0 aliphatic carbocycles. The fraction of sp³-hybridized carbons (Fsp3) is 0.455. The zero-order valence-electron chi connectivity index (χ0n) is 9.78. The highest BCUT2D eigenvalue weighted by Crippen LogP contribution is 2.26. The average molecular weight is 257 g/mol. The van der Waals surface area contributed by atoms with Crippen molar-refractivity contribution in [1.29, 1.82) is 0 Å². The SMILES string of the molecule is CCCOCC(=O)Nc1cc(C)c(C(=O)O)s1. The maximum atomic E-state index is 11.4. The van der Waals surface area contributed by atoms with Gasteiger partial charge < -0.3 is 15.2 Å². The van der Waals surface area contributed by atoms with Gasteiger partial charge in [-0.15, -0.1) is 11.3 Å². The van der Waals surface area contributed by atoms with E-state index >= 15 is 0 Å². The van der Waals surface area contributed by atoms with Crippen LogP contribution in [0.4, 0.5) is 5.00 Å². The van der Waals surface area contributed by atoms with Gasteiger partial charge in [0.1, 0.15) is 11.5 Å². The van der Waals surface area contributed by atoms with Crippen molar-refractivity contribution in [2.45, 2.75) is 20.3 Å². The molecular formula is C11H15NO4S. The van der Waals surface area contributed by atoms with Crippen molar-refractivity contribution in [3.8, 4) is 0 Å². The van der Waals surface area contributed by atoms with Gasteiger partial charge in [-0.05, 0) is 25.0 Å². The maximum absolute atomic E-state index is 11.4. The van der Waals surface area contributed by atoms with E-state index in [9.17, 15) is 9.59 Å². The minimum Gasteiger partial charge on any atom is -0.477 e. The minimum atomic E-state index is -0.977. The van der Waals surface area contributed by atoms with E-state index in [4.69, 9.17) is 9.84 Å². The molecule has 0 fully saturated rings. The highest BCUT2D eigenvalue weighted by Gasteiger charge is 2.13. The third-order valence-corrected chi connectivity index (χ3v) is 3.10. The van der Waals surface area contributed by atoms with E-state index in [1.54, 1.807) is 13.0 Å². The molecule has 2 N–H and O–H groups in total. The molecule has 1 aromatic rings. The Bertz CT molecular complexity index is 414. The van der Waals surface area contributed by atoms with Crippen LogP contribution in [0.5, 0.6) is 0 Å². The Hall–Kier alpha value is -1.40. The Balaban J connectivity index is 2.54. The van der Waals surface area contributed by atoms with Crippen LogP contribution in [0, 0.1) is 6.92 Å². The second kappa shape index (κ2) is 6.36. The fourth-order valence-corrected chi connectivity index (χ4v) is 2.17. The molecule has 0 radical (unpaired) electrons. The van der Waals surface area contributed by atoms with Crippen LogP contribution in [0.25, 0.3) is 0 Å². The van der Waals surface area contributed by atoms with E-state index in [1.165, 1.54) is 0 Å². The second-order valence-corrected chi connectivity index (χ2v) is 4.58. The van der Waals surface area contributed by atoms with Gasteiger partial charge in [-0.25, -0.2) is 4.79 Å². The van der Waals surface area contributed by atoms with Gasteiger partial charge in [-0.2, -0.15) is 0 Å². The summed E-state index contributed by atoms with van der Waals surface area (Å²) in [5.74, 6) is -1.24. The fourth-order valence-electron chi connectivity index (χ4n) is 1.24. The first kappa shape index (κ1) is 13.7. The number of nitrogens with one attached hydrogen (secondary N) is 1. The maximum Gasteiger partial charge on any atom is 0.346 e. The number of carbonyl (C=O) groups excluding carboxylic acids is 1. The van der Waals surface area contributed by atoms with Gasteiger partial charge in [0.25, 0.3) is 5.91 Å². The number of carbonyl (C=O) groups is 2. The summed E-state index contributed by atoms with van der Waals surface area (Å²) in [4.78, 5) is 22.5. The lowest BCUT2D eigenvalue weighted by molar-refractivity contribution is -0.120. The third kappa shape index (κ3) is 4.16. The first-order valence-electron chi connectivity index (χ1n) is 5.26. The summed E-state index contributed by atoms with van der Waals surface area (Å²) in [6, 6.07) is 1.64. The largest absolute Gasteiger partial charge is 0.477 e. The number of rotatable bonds is 6. The van der Waals surface area contributed by atoms with E-state index < -0.39 is 5.97 Å². The molecule has 6 heteroatoms. The number of hydrogen-bond donors (Lipinski definition) is 2. The number of ether oxygens (including phenoxy) is 1. The zero-order valence-corrected chi connectivity index (χ0v) is 10.6. The number of amides is 1. The van der Waals surface area contributed by atoms with Crippen molar-refractivity contribution in [1.82, 2.24) is 0 Å². The number of thiophene rings is 1. The quantitative estimate of drug-likeness (QED) is 0.765. The van der Waals surface area contributed by atoms with Crippen LogP contribution >= 0.6 is 11.3 Å². The highest BCUT2D eigenvalue weighted by molar-refractivity contribution is 7.18. The van der Waals surface area contributed by atoms with E-state index in [0.29, 0.717) is 17.2 Å². The summed E-state index contributed by atoms with van der Waals surface area (Å²) in [5.41, 5.74) is 0.646. The lowest BCUT2D eigenvalue weighted by atomic mass is 10.3. The lowest BCUT2D eigenvalue weighted by Gasteiger charge is -2.02. The number of aromatic carboxylic acids is 1. The lowest BCUT2D eigenvalue weighted by Crippen LogP contribution is -2.17. The topological polar surface area (TPSA) is 75.6 Å². The Morgan fingerprint density at radius 1 is 1.53 bits per heavy atom. The van der Waals surface area contributed by atoms with Crippen LogP contribution in [0.15, 0.2) is 6.07 Å². The molecule has 1 rings (SSSR count). The van der Waals surface area contributed by atoms with Gasteiger partial charge in [-0.1, -0.05) is 6.92 Å². The summed E-state index contributed by atoms with van der Waals surface area (Å²) in [7, 11) is 0. The van der Waals surface area contributed by atoms with Crippen molar-refractivity contribution in [3.63, 3.8) is 0 Å². The molecule has 0 aliphatic rings. The molecule has 94 valence electrons. The van der Waals surface area contributed by atoms with Gasteiger partial charge in [0, 0.05) is 6.61 Å². The number of hydrogen-bond acceptors (Lipinski definition) is 4. The van der Waals surface area contributed by atoms with Crippen LogP contribution < -0.4 is 5.32 Å². The minimum absolute atomic E-state index is 0.00675. The zero-order chi connectivity index (χ0) is 12.8. The van der Waals surface area contributed by atoms with E-state index in [1.807, 2.05) is 6.92 Å². The predicted molar refractivity (Wildman–Crippen MR) is 65.8 cm³/mol. The van der Waals surface area contributed by atoms with Crippen LogP contribution in [0.1, 0.15) is 28.6 Å². The molecule has 0 atom stereocenters. The van der Waals surface area contributed by atoms with Crippen molar-refractivity contribution < 1.29 is 19.4 Å². The summed E-state index contributed by atoms with van der Waals surface area (Å²) >= 11 is 1.05. The second-order valence-electron chi connectivity index (χ2n) is 3.53. The molecule has 0 saturated carbocycles. The molecule has 0 bridgehead atoms. The first-order chi connectivity index (χ1) is 8.04. The van der Waals surface area contributed by atoms with Gasteiger partial charge >= 0.3 is 5.97 Å². The van der Waals surface area contributed by atoms with Crippen LogP contribution in [-0.4, -0.2) is 30.2 Å². The number of carboxylic acids is 1. The van der Waals surface area contributed by atoms with Crippen LogP contribution in [0.3, 0.4) is 0 Å².